The molecular weight excluding hydrogens is 418 g/mol. The number of azo groups is 1. The summed E-state index contributed by atoms with van der Waals surface area (Å²) in [6.45, 7) is 1.82. The Morgan fingerprint density at radius 1 is 0.969 bits per heavy atom. The average Bonchev–Trinajstić information content (AvgIpc) is 3.36. The number of nitrogens with one attached hydrogen (secondary N) is 1. The number of thiophene rings is 1. The molecule has 2 aromatic carbocycles. The van der Waals surface area contributed by atoms with Gasteiger partial charge in [0.25, 0.3) is 0 Å². The summed E-state index contributed by atoms with van der Waals surface area (Å²) in [4.78, 5) is 6.04. The molecule has 5 rings (SSSR count). The molecule has 0 aliphatic heterocycles. The number of hydrogen-bond donors (Lipinski definition) is 2. The van der Waals surface area contributed by atoms with Gasteiger partial charge in [-0.05, 0) is 24.1 Å². The van der Waals surface area contributed by atoms with Crippen LogP contribution >= 0.6 is 11.3 Å². The highest BCUT2D eigenvalue weighted by Crippen LogP contribution is 2.44. The van der Waals surface area contributed by atoms with E-state index >= 15 is 0 Å². The van der Waals surface area contributed by atoms with Crippen LogP contribution in [0.2, 0.25) is 0 Å². The second kappa shape index (κ2) is 8.06. The summed E-state index contributed by atoms with van der Waals surface area (Å²) < 4.78 is 0. The van der Waals surface area contributed by atoms with Gasteiger partial charge in [-0.3, -0.25) is 5.10 Å². The minimum atomic E-state index is 0.261. The van der Waals surface area contributed by atoms with Crippen molar-refractivity contribution < 1.29 is 0 Å². The van der Waals surface area contributed by atoms with Crippen LogP contribution in [0.5, 0.6) is 0 Å². The lowest BCUT2D eigenvalue weighted by atomic mass is 9.99. The molecule has 7 nitrogen and oxygen atoms in total. The van der Waals surface area contributed by atoms with Gasteiger partial charge in [0.1, 0.15) is 27.2 Å². The number of H-pyrrole nitrogens is 1. The number of rotatable bonds is 4. The number of nitrogens with zero attached hydrogens (tertiary/aromatic N) is 5. The average molecular weight is 436 g/mol. The molecule has 0 aliphatic rings. The van der Waals surface area contributed by atoms with Gasteiger partial charge in [0, 0.05) is 10.9 Å². The maximum atomic E-state index is 9.82. The van der Waals surface area contributed by atoms with E-state index in [9.17, 15) is 5.26 Å². The highest BCUT2D eigenvalue weighted by Gasteiger charge is 2.20. The maximum absolute atomic E-state index is 9.82. The summed E-state index contributed by atoms with van der Waals surface area (Å²) in [5, 5.41) is 26.1. The van der Waals surface area contributed by atoms with Crippen LogP contribution in [-0.2, 0) is 0 Å². The molecule has 0 aliphatic carbocycles. The molecule has 0 atom stereocenters. The number of anilines is 1. The minimum Gasteiger partial charge on any atom is -0.380 e. The number of nitrogens with two attached hydrogens (primary N) is 1. The molecule has 0 unspecified atom stereocenters. The first-order valence-electron chi connectivity index (χ1n) is 9.86. The standard InChI is InChI=1S/C24H17N7S/c1-14-21(23(26)31-28-14)29-30-22-19(13-25)32-24-20(22)17(15-8-4-2-5-9-15)12-18(27-24)16-10-6-3-7-11-16/h2-12H,1H3,(H3,26,28,31). The normalized spacial score (nSPS) is 11.2. The van der Waals surface area contributed by atoms with Gasteiger partial charge in [0.2, 0.25) is 0 Å². The zero-order chi connectivity index (χ0) is 22.1. The van der Waals surface area contributed by atoms with Crippen molar-refractivity contribution in [3.63, 3.8) is 0 Å². The molecule has 3 aromatic heterocycles. The fraction of sp³-hybridized carbons (Fsp3) is 0.0417. The van der Waals surface area contributed by atoms with E-state index < -0.39 is 0 Å². The molecule has 0 amide bonds. The van der Waals surface area contributed by atoms with Gasteiger partial charge in [0.15, 0.2) is 5.82 Å². The molecule has 3 N–H and O–H groups in total. The van der Waals surface area contributed by atoms with Crippen LogP contribution in [0, 0.1) is 18.3 Å². The van der Waals surface area contributed by atoms with Crippen LogP contribution in [0.1, 0.15) is 10.6 Å². The zero-order valence-electron chi connectivity index (χ0n) is 17.1. The Kier molecular flexibility index (Phi) is 4.94. The Hall–Kier alpha value is -4.35. The van der Waals surface area contributed by atoms with E-state index in [1.54, 1.807) is 0 Å². The molecule has 0 fully saturated rings. The fourth-order valence-corrected chi connectivity index (χ4v) is 4.46. The predicted molar refractivity (Wildman–Crippen MR) is 127 cm³/mol. The summed E-state index contributed by atoms with van der Waals surface area (Å²) in [6.07, 6.45) is 0. The lowest BCUT2D eigenvalue weighted by Gasteiger charge is -2.08. The molecule has 32 heavy (non-hydrogen) atoms. The summed E-state index contributed by atoms with van der Waals surface area (Å²) in [6, 6.07) is 24.3. The van der Waals surface area contributed by atoms with E-state index in [-0.39, 0.29) is 5.82 Å². The number of fused-ring (bicyclic) bond motifs is 1. The van der Waals surface area contributed by atoms with Crippen LogP contribution in [0.25, 0.3) is 32.6 Å². The van der Waals surface area contributed by atoms with Crippen LogP contribution in [-0.4, -0.2) is 15.2 Å². The number of nitrogen functional groups attached to an aromatic ring is 1. The Morgan fingerprint density at radius 3 is 2.25 bits per heavy atom. The van der Waals surface area contributed by atoms with Crippen LogP contribution in [0.3, 0.4) is 0 Å². The van der Waals surface area contributed by atoms with Gasteiger partial charge in [-0.2, -0.15) is 10.4 Å². The Bertz CT molecular complexity index is 1470. The van der Waals surface area contributed by atoms with E-state index in [1.807, 2.05) is 73.7 Å². The molecule has 0 radical (unpaired) electrons. The second-order valence-electron chi connectivity index (χ2n) is 7.14. The largest absolute Gasteiger partial charge is 0.380 e. The van der Waals surface area contributed by atoms with E-state index in [1.165, 1.54) is 11.3 Å². The number of aryl methyl sites for hydroxylation is 1. The highest BCUT2D eigenvalue weighted by atomic mass is 32.1. The lowest BCUT2D eigenvalue weighted by molar-refractivity contribution is 1.05. The Balaban J connectivity index is 1.79. The summed E-state index contributed by atoms with van der Waals surface area (Å²) in [5.74, 6) is 0.261. The number of nitriles is 1. The number of aromatic nitrogens is 3. The third kappa shape index (κ3) is 3.41. The first kappa shape index (κ1) is 19.6. The quantitative estimate of drug-likeness (QED) is 0.312. The first-order valence-corrected chi connectivity index (χ1v) is 10.7. The van der Waals surface area contributed by atoms with Crippen molar-refractivity contribution in [2.75, 3.05) is 5.73 Å². The van der Waals surface area contributed by atoms with Crippen molar-refractivity contribution in [3.05, 3.63) is 77.3 Å². The molecule has 8 heteroatoms. The predicted octanol–water partition coefficient (Wildman–Crippen LogP) is 6.53. The van der Waals surface area contributed by atoms with Crippen LogP contribution < -0.4 is 5.73 Å². The number of pyridine rings is 1. The Labute approximate surface area is 187 Å². The molecule has 0 bridgehead atoms. The molecule has 3 heterocycles. The van der Waals surface area contributed by atoms with Crippen LogP contribution in [0.15, 0.2) is 77.0 Å². The molecule has 0 saturated heterocycles. The van der Waals surface area contributed by atoms with Gasteiger partial charge in [-0.1, -0.05) is 60.7 Å². The summed E-state index contributed by atoms with van der Waals surface area (Å²) >= 11 is 1.31. The molecule has 0 spiro atoms. The molecule has 154 valence electrons. The summed E-state index contributed by atoms with van der Waals surface area (Å²) in [7, 11) is 0. The van der Waals surface area contributed by atoms with Crippen molar-refractivity contribution in [2.24, 2.45) is 10.2 Å². The van der Waals surface area contributed by atoms with E-state index in [0.29, 0.717) is 21.9 Å². The minimum absolute atomic E-state index is 0.261. The smallest absolute Gasteiger partial charge is 0.173 e. The number of benzene rings is 2. The molecule has 5 aromatic rings. The van der Waals surface area contributed by atoms with Crippen molar-refractivity contribution in [1.82, 2.24) is 15.2 Å². The fourth-order valence-electron chi connectivity index (χ4n) is 3.52. The van der Waals surface area contributed by atoms with Gasteiger partial charge in [-0.15, -0.1) is 21.6 Å². The second-order valence-corrected chi connectivity index (χ2v) is 8.14. The zero-order valence-corrected chi connectivity index (χ0v) is 17.9. The third-order valence-electron chi connectivity index (χ3n) is 5.08. The number of aromatic amines is 1. The van der Waals surface area contributed by atoms with Crippen molar-refractivity contribution in [1.29, 1.82) is 5.26 Å². The van der Waals surface area contributed by atoms with Crippen molar-refractivity contribution in [3.8, 4) is 28.5 Å². The topological polar surface area (TPSA) is 116 Å². The van der Waals surface area contributed by atoms with Gasteiger partial charge in [0.05, 0.1) is 11.4 Å². The van der Waals surface area contributed by atoms with Gasteiger partial charge < -0.3 is 5.73 Å². The van der Waals surface area contributed by atoms with Crippen molar-refractivity contribution in [2.45, 2.75) is 6.92 Å². The lowest BCUT2D eigenvalue weighted by Crippen LogP contribution is -1.87. The van der Waals surface area contributed by atoms with Gasteiger partial charge >= 0.3 is 0 Å². The molecule has 0 saturated carbocycles. The maximum Gasteiger partial charge on any atom is 0.173 e. The third-order valence-corrected chi connectivity index (χ3v) is 6.06. The Morgan fingerprint density at radius 2 is 1.62 bits per heavy atom. The first-order chi connectivity index (χ1) is 15.7. The number of hydrogen-bond acceptors (Lipinski definition) is 7. The van der Waals surface area contributed by atoms with E-state index in [2.05, 4.69) is 26.5 Å². The monoisotopic (exact) mass is 435 g/mol. The van der Waals surface area contributed by atoms with Crippen molar-refractivity contribution >= 4 is 38.7 Å². The van der Waals surface area contributed by atoms with Gasteiger partial charge in [-0.25, -0.2) is 4.98 Å². The van der Waals surface area contributed by atoms with E-state index in [4.69, 9.17) is 10.7 Å². The van der Waals surface area contributed by atoms with Crippen LogP contribution in [0.4, 0.5) is 17.2 Å². The highest BCUT2D eigenvalue weighted by molar-refractivity contribution is 7.20. The SMILES string of the molecule is Cc1[nH]nc(N)c1N=Nc1c(C#N)sc2nc(-c3ccccc3)cc(-c3ccccc3)c12. The summed E-state index contributed by atoms with van der Waals surface area (Å²) in [5.41, 5.74) is 11.3. The molecular formula is C24H17N7S. The van der Waals surface area contributed by atoms with E-state index in [0.717, 1.165) is 32.6 Å².